The molecule has 0 aliphatic carbocycles. The van der Waals surface area contributed by atoms with E-state index in [4.69, 9.17) is 30.5 Å². The first-order valence-electron chi connectivity index (χ1n) is 8.53. The van der Waals surface area contributed by atoms with Crippen molar-refractivity contribution < 1.29 is 23.7 Å². The molecule has 0 unspecified atom stereocenters. The van der Waals surface area contributed by atoms with Crippen molar-refractivity contribution in [3.63, 3.8) is 0 Å². The van der Waals surface area contributed by atoms with Crippen molar-refractivity contribution in [3.05, 3.63) is 46.5 Å². The van der Waals surface area contributed by atoms with Crippen molar-refractivity contribution in [2.24, 2.45) is 0 Å². The van der Waals surface area contributed by atoms with Gasteiger partial charge in [-0.25, -0.2) is 0 Å². The molecule has 0 spiro atoms. The summed E-state index contributed by atoms with van der Waals surface area (Å²) < 4.78 is 21.4. The molecule has 2 rings (SSSR count). The van der Waals surface area contributed by atoms with Gasteiger partial charge in [-0.05, 0) is 36.2 Å². The smallest absolute Gasteiger partial charge is 0.251 e. The van der Waals surface area contributed by atoms with E-state index in [0.717, 1.165) is 12.0 Å². The number of halogens is 1. The molecule has 0 aliphatic heterocycles. The molecule has 2 aromatic rings. The van der Waals surface area contributed by atoms with Gasteiger partial charge in [0.1, 0.15) is 0 Å². The Labute approximate surface area is 164 Å². The second kappa shape index (κ2) is 9.92. The first-order valence-corrected chi connectivity index (χ1v) is 8.91. The van der Waals surface area contributed by atoms with Crippen molar-refractivity contribution in [1.82, 2.24) is 5.32 Å². The van der Waals surface area contributed by atoms with Crippen molar-refractivity contribution >= 4 is 17.5 Å². The fourth-order valence-electron chi connectivity index (χ4n) is 2.47. The van der Waals surface area contributed by atoms with Crippen LogP contribution in [-0.2, 0) is 6.54 Å². The maximum Gasteiger partial charge on any atom is 0.251 e. The number of carbonyl (C=O) groups excluding carboxylic acids is 1. The summed E-state index contributed by atoms with van der Waals surface area (Å²) in [6.07, 6.45) is 0.840. The van der Waals surface area contributed by atoms with Gasteiger partial charge in [-0.2, -0.15) is 0 Å². The third-order valence-corrected chi connectivity index (χ3v) is 4.12. The van der Waals surface area contributed by atoms with E-state index >= 15 is 0 Å². The van der Waals surface area contributed by atoms with Crippen molar-refractivity contribution in [2.75, 3.05) is 27.9 Å². The number of methoxy groups -OCH3 is 3. The highest BCUT2D eigenvalue weighted by Crippen LogP contribution is 2.36. The van der Waals surface area contributed by atoms with Crippen LogP contribution in [0.2, 0.25) is 5.02 Å². The Morgan fingerprint density at radius 3 is 2.33 bits per heavy atom. The van der Waals surface area contributed by atoms with Crippen LogP contribution in [0.15, 0.2) is 30.3 Å². The topological polar surface area (TPSA) is 66.0 Å². The molecule has 146 valence electrons. The molecule has 7 heteroatoms. The van der Waals surface area contributed by atoms with Crippen molar-refractivity contribution in [1.29, 1.82) is 0 Å². The van der Waals surface area contributed by atoms with Crippen LogP contribution in [0.4, 0.5) is 0 Å². The minimum atomic E-state index is -0.271. The minimum absolute atomic E-state index is 0.271. The molecule has 0 aliphatic rings. The fraction of sp³-hybridized carbons (Fsp3) is 0.350. The summed E-state index contributed by atoms with van der Waals surface area (Å²) in [4.78, 5) is 12.5. The standard InChI is InChI=1S/C20H24ClNO5/c1-5-8-27-19-15(21)10-14(11-18(19)26-4)20(23)22-12-13-6-7-16(24-2)17(9-13)25-3/h6-7,9-11H,5,8,12H2,1-4H3,(H,22,23). The monoisotopic (exact) mass is 393 g/mol. The highest BCUT2D eigenvalue weighted by Gasteiger charge is 2.16. The molecule has 0 aromatic heterocycles. The van der Waals surface area contributed by atoms with Crippen LogP contribution in [0.3, 0.4) is 0 Å². The van der Waals surface area contributed by atoms with E-state index < -0.39 is 0 Å². The summed E-state index contributed by atoms with van der Waals surface area (Å²) >= 11 is 6.27. The van der Waals surface area contributed by atoms with Crippen molar-refractivity contribution in [2.45, 2.75) is 19.9 Å². The Kier molecular flexibility index (Phi) is 7.61. The maximum absolute atomic E-state index is 12.5. The van der Waals surface area contributed by atoms with Crippen LogP contribution < -0.4 is 24.3 Å². The summed E-state index contributed by atoms with van der Waals surface area (Å²) in [5, 5.41) is 3.19. The fourth-order valence-corrected chi connectivity index (χ4v) is 2.74. The summed E-state index contributed by atoms with van der Waals surface area (Å²) in [5.41, 5.74) is 1.27. The van der Waals surface area contributed by atoms with Gasteiger partial charge in [-0.15, -0.1) is 0 Å². The first-order chi connectivity index (χ1) is 13.0. The average molecular weight is 394 g/mol. The maximum atomic E-state index is 12.5. The second-order valence-electron chi connectivity index (χ2n) is 5.71. The van der Waals surface area contributed by atoms with Gasteiger partial charge in [0.15, 0.2) is 23.0 Å². The highest BCUT2D eigenvalue weighted by atomic mass is 35.5. The lowest BCUT2D eigenvalue weighted by Crippen LogP contribution is -2.23. The molecule has 1 N–H and O–H groups in total. The Morgan fingerprint density at radius 2 is 1.70 bits per heavy atom. The van der Waals surface area contributed by atoms with Crippen LogP contribution in [0, 0.1) is 0 Å². The molecule has 0 bridgehead atoms. The minimum Gasteiger partial charge on any atom is -0.493 e. The van der Waals surface area contributed by atoms with Crippen molar-refractivity contribution in [3.8, 4) is 23.0 Å². The zero-order valence-corrected chi connectivity index (χ0v) is 16.7. The number of ether oxygens (including phenoxy) is 4. The van der Waals surface area contributed by atoms with E-state index in [1.165, 1.54) is 7.11 Å². The predicted octanol–water partition coefficient (Wildman–Crippen LogP) is 4.08. The van der Waals surface area contributed by atoms with Crippen LogP contribution in [0.25, 0.3) is 0 Å². The Hall–Kier alpha value is -2.60. The largest absolute Gasteiger partial charge is 0.493 e. The zero-order chi connectivity index (χ0) is 19.8. The summed E-state index contributed by atoms with van der Waals surface area (Å²) in [5.74, 6) is 1.83. The normalized spacial score (nSPS) is 10.3. The third-order valence-electron chi connectivity index (χ3n) is 3.84. The van der Waals surface area contributed by atoms with E-state index in [-0.39, 0.29) is 5.91 Å². The molecule has 0 radical (unpaired) electrons. The Bertz CT molecular complexity index is 794. The molecule has 0 fully saturated rings. The molecule has 27 heavy (non-hydrogen) atoms. The highest BCUT2D eigenvalue weighted by molar-refractivity contribution is 6.32. The Morgan fingerprint density at radius 1 is 1.00 bits per heavy atom. The van der Waals surface area contributed by atoms with Crippen LogP contribution in [0.1, 0.15) is 29.3 Å². The van der Waals surface area contributed by atoms with E-state index in [1.54, 1.807) is 32.4 Å². The molecule has 0 atom stereocenters. The zero-order valence-electron chi connectivity index (χ0n) is 15.9. The molecule has 0 heterocycles. The lowest BCUT2D eigenvalue weighted by atomic mass is 10.1. The summed E-state index contributed by atoms with van der Waals surface area (Å²) in [6.45, 7) is 2.84. The molecule has 0 saturated heterocycles. The van der Waals surface area contributed by atoms with Gasteiger partial charge in [-0.3, -0.25) is 4.79 Å². The van der Waals surface area contributed by atoms with E-state index in [0.29, 0.717) is 46.7 Å². The average Bonchev–Trinajstić information content (AvgIpc) is 2.70. The molecule has 6 nitrogen and oxygen atoms in total. The number of nitrogens with one attached hydrogen (secondary N) is 1. The molecule has 0 saturated carbocycles. The van der Waals surface area contributed by atoms with Crippen LogP contribution >= 0.6 is 11.6 Å². The van der Waals surface area contributed by atoms with Gasteiger partial charge in [0, 0.05) is 12.1 Å². The second-order valence-corrected chi connectivity index (χ2v) is 6.12. The molecular weight excluding hydrogens is 370 g/mol. The Balaban J connectivity index is 2.13. The number of carbonyl (C=O) groups is 1. The molecule has 2 aromatic carbocycles. The molecular formula is C20H24ClNO5. The first kappa shape index (κ1) is 20.7. The van der Waals surface area contributed by atoms with Crippen LogP contribution in [0.5, 0.6) is 23.0 Å². The quantitative estimate of drug-likeness (QED) is 0.695. The summed E-state index contributed by atoms with van der Waals surface area (Å²) in [6, 6.07) is 8.64. The lowest BCUT2D eigenvalue weighted by molar-refractivity contribution is 0.0950. The third kappa shape index (κ3) is 5.20. The van der Waals surface area contributed by atoms with E-state index in [2.05, 4.69) is 5.32 Å². The number of amides is 1. The van der Waals surface area contributed by atoms with Gasteiger partial charge in [0.05, 0.1) is 33.0 Å². The number of rotatable bonds is 9. The number of hydrogen-bond acceptors (Lipinski definition) is 5. The number of hydrogen-bond donors (Lipinski definition) is 1. The summed E-state index contributed by atoms with van der Waals surface area (Å²) in [7, 11) is 4.65. The van der Waals surface area contributed by atoms with Gasteiger partial charge >= 0.3 is 0 Å². The van der Waals surface area contributed by atoms with Gasteiger partial charge in [0.2, 0.25) is 0 Å². The van der Waals surface area contributed by atoms with Crippen LogP contribution in [-0.4, -0.2) is 33.8 Å². The predicted molar refractivity (Wildman–Crippen MR) is 105 cm³/mol. The van der Waals surface area contributed by atoms with Gasteiger partial charge < -0.3 is 24.3 Å². The van der Waals surface area contributed by atoms with Gasteiger partial charge in [-0.1, -0.05) is 24.6 Å². The number of benzene rings is 2. The van der Waals surface area contributed by atoms with E-state index in [9.17, 15) is 4.79 Å². The van der Waals surface area contributed by atoms with E-state index in [1.807, 2.05) is 19.1 Å². The van der Waals surface area contributed by atoms with Gasteiger partial charge in [0.25, 0.3) is 5.91 Å². The SMILES string of the molecule is CCCOc1c(Cl)cc(C(=O)NCc2ccc(OC)c(OC)c2)cc1OC. The molecule has 1 amide bonds. The lowest BCUT2D eigenvalue weighted by Gasteiger charge is -2.14.